The predicted octanol–water partition coefficient (Wildman–Crippen LogP) is 2.98. The lowest BCUT2D eigenvalue weighted by Crippen LogP contribution is -2.04. The minimum atomic E-state index is -4.31. The molecule has 0 atom stereocenters. The Morgan fingerprint density at radius 2 is 1.82 bits per heavy atom. The van der Waals surface area contributed by atoms with Crippen LogP contribution in [-0.4, -0.2) is 14.8 Å². The van der Waals surface area contributed by atoms with Gasteiger partial charge in [-0.1, -0.05) is 12.1 Å². The lowest BCUT2D eigenvalue weighted by atomic mass is 10.1. The van der Waals surface area contributed by atoms with E-state index in [1.807, 2.05) is 6.92 Å². The van der Waals surface area contributed by atoms with Crippen LogP contribution in [0.2, 0.25) is 0 Å². The van der Waals surface area contributed by atoms with Gasteiger partial charge in [0.05, 0.1) is 5.56 Å². The first-order valence-electron chi connectivity index (χ1n) is 5.08. The molecule has 0 aliphatic rings. The van der Waals surface area contributed by atoms with Gasteiger partial charge in [0.25, 0.3) is 0 Å². The minimum absolute atomic E-state index is 0.571. The summed E-state index contributed by atoms with van der Waals surface area (Å²) in [6.45, 7) is 2.58. The molecule has 0 saturated heterocycles. The topological polar surface area (TPSA) is 30.7 Å². The minimum Gasteiger partial charge on any atom is -0.314 e. The lowest BCUT2D eigenvalue weighted by Gasteiger charge is -2.07. The Kier molecular flexibility index (Phi) is 2.87. The first-order chi connectivity index (χ1) is 8.02. The van der Waals surface area contributed by atoms with Crippen LogP contribution in [0.1, 0.15) is 12.5 Å². The number of hydrogen-bond donors (Lipinski definition) is 0. The first kappa shape index (κ1) is 11.6. The van der Waals surface area contributed by atoms with E-state index in [1.54, 1.807) is 10.9 Å². The van der Waals surface area contributed by atoms with Gasteiger partial charge in [-0.25, -0.2) is 0 Å². The summed E-state index contributed by atoms with van der Waals surface area (Å²) in [5.41, 5.74) is -0.0406. The van der Waals surface area contributed by atoms with E-state index < -0.39 is 11.7 Å². The Bertz CT molecular complexity index is 499. The van der Waals surface area contributed by atoms with E-state index in [1.165, 1.54) is 12.1 Å². The Labute approximate surface area is 95.9 Å². The molecule has 1 heterocycles. The molecule has 0 amide bonds. The SMILES string of the molecule is CCn1cnnc1-c1ccc(C(F)(F)F)cc1. The highest BCUT2D eigenvalue weighted by molar-refractivity contribution is 5.55. The number of rotatable bonds is 2. The van der Waals surface area contributed by atoms with E-state index in [4.69, 9.17) is 0 Å². The van der Waals surface area contributed by atoms with Gasteiger partial charge in [0, 0.05) is 12.1 Å². The van der Waals surface area contributed by atoms with Gasteiger partial charge in [-0.3, -0.25) is 0 Å². The summed E-state index contributed by atoms with van der Waals surface area (Å²) in [5, 5.41) is 7.61. The second-order valence-electron chi connectivity index (χ2n) is 3.52. The molecule has 0 N–H and O–H groups in total. The molecular weight excluding hydrogens is 231 g/mol. The molecule has 0 aliphatic carbocycles. The molecule has 17 heavy (non-hydrogen) atoms. The van der Waals surface area contributed by atoms with Crippen LogP contribution in [0.15, 0.2) is 30.6 Å². The third-order valence-electron chi connectivity index (χ3n) is 2.43. The molecule has 0 spiro atoms. The zero-order valence-corrected chi connectivity index (χ0v) is 9.07. The summed E-state index contributed by atoms with van der Waals surface area (Å²) in [4.78, 5) is 0. The van der Waals surface area contributed by atoms with Crippen molar-refractivity contribution in [1.29, 1.82) is 0 Å². The molecule has 0 bridgehead atoms. The first-order valence-corrected chi connectivity index (χ1v) is 5.08. The van der Waals surface area contributed by atoms with E-state index >= 15 is 0 Å². The normalized spacial score (nSPS) is 11.8. The summed E-state index contributed by atoms with van der Waals surface area (Å²) in [5.74, 6) is 0.571. The van der Waals surface area contributed by atoms with Crippen LogP contribution >= 0.6 is 0 Å². The monoisotopic (exact) mass is 241 g/mol. The fourth-order valence-electron chi connectivity index (χ4n) is 1.52. The molecule has 0 aliphatic heterocycles. The summed E-state index contributed by atoms with van der Waals surface area (Å²) in [6, 6.07) is 4.89. The smallest absolute Gasteiger partial charge is 0.314 e. The van der Waals surface area contributed by atoms with Crippen molar-refractivity contribution in [3.8, 4) is 11.4 Å². The molecule has 3 nitrogen and oxygen atoms in total. The van der Waals surface area contributed by atoms with Crippen molar-refractivity contribution in [2.24, 2.45) is 0 Å². The molecule has 6 heteroatoms. The van der Waals surface area contributed by atoms with Crippen LogP contribution in [0.25, 0.3) is 11.4 Å². The number of alkyl halides is 3. The van der Waals surface area contributed by atoms with E-state index in [2.05, 4.69) is 10.2 Å². The molecule has 90 valence electrons. The van der Waals surface area contributed by atoms with Gasteiger partial charge in [0.1, 0.15) is 6.33 Å². The van der Waals surface area contributed by atoms with Crippen molar-refractivity contribution in [3.05, 3.63) is 36.2 Å². The number of benzene rings is 1. The molecule has 0 radical (unpaired) electrons. The standard InChI is InChI=1S/C11H10F3N3/c1-2-17-7-15-16-10(17)8-3-5-9(6-4-8)11(12,13)14/h3-7H,2H2,1H3. The van der Waals surface area contributed by atoms with Crippen molar-refractivity contribution < 1.29 is 13.2 Å². The second-order valence-corrected chi connectivity index (χ2v) is 3.52. The van der Waals surface area contributed by atoms with Crippen LogP contribution in [0.3, 0.4) is 0 Å². The van der Waals surface area contributed by atoms with E-state index in [-0.39, 0.29) is 0 Å². The van der Waals surface area contributed by atoms with Gasteiger partial charge in [-0.15, -0.1) is 10.2 Å². The average Bonchev–Trinajstić information content (AvgIpc) is 2.76. The number of aryl methyl sites for hydroxylation is 1. The Morgan fingerprint density at radius 3 is 2.35 bits per heavy atom. The molecule has 0 saturated carbocycles. The van der Waals surface area contributed by atoms with Crippen LogP contribution in [0.5, 0.6) is 0 Å². The Hall–Kier alpha value is -1.85. The molecule has 0 fully saturated rings. The maximum atomic E-state index is 12.4. The van der Waals surface area contributed by atoms with Crippen LogP contribution in [0.4, 0.5) is 13.2 Å². The maximum Gasteiger partial charge on any atom is 0.416 e. The van der Waals surface area contributed by atoms with Gasteiger partial charge in [0.2, 0.25) is 0 Å². The lowest BCUT2D eigenvalue weighted by molar-refractivity contribution is -0.137. The predicted molar refractivity (Wildman–Crippen MR) is 56.1 cm³/mol. The third-order valence-corrected chi connectivity index (χ3v) is 2.43. The van der Waals surface area contributed by atoms with Gasteiger partial charge in [-0.05, 0) is 19.1 Å². The van der Waals surface area contributed by atoms with E-state index in [0.717, 1.165) is 12.1 Å². The molecular formula is C11H10F3N3. The highest BCUT2D eigenvalue weighted by Gasteiger charge is 2.30. The van der Waals surface area contributed by atoms with E-state index in [9.17, 15) is 13.2 Å². The van der Waals surface area contributed by atoms with Gasteiger partial charge in [-0.2, -0.15) is 13.2 Å². The van der Waals surface area contributed by atoms with Crippen molar-refractivity contribution in [2.45, 2.75) is 19.6 Å². The summed E-state index contributed by atoms with van der Waals surface area (Å²) >= 11 is 0. The molecule has 2 rings (SSSR count). The Balaban J connectivity index is 2.36. The van der Waals surface area contributed by atoms with Gasteiger partial charge in [0.15, 0.2) is 5.82 Å². The molecule has 0 unspecified atom stereocenters. The second kappa shape index (κ2) is 4.20. The Morgan fingerprint density at radius 1 is 1.18 bits per heavy atom. The highest BCUT2D eigenvalue weighted by atomic mass is 19.4. The number of nitrogens with zero attached hydrogens (tertiary/aromatic N) is 3. The van der Waals surface area contributed by atoms with Crippen molar-refractivity contribution >= 4 is 0 Å². The number of hydrogen-bond acceptors (Lipinski definition) is 2. The summed E-state index contributed by atoms with van der Waals surface area (Å²) in [6.07, 6.45) is -2.76. The van der Waals surface area contributed by atoms with Crippen molar-refractivity contribution in [1.82, 2.24) is 14.8 Å². The zero-order valence-electron chi connectivity index (χ0n) is 9.07. The van der Waals surface area contributed by atoms with Crippen LogP contribution in [0, 0.1) is 0 Å². The van der Waals surface area contributed by atoms with Gasteiger partial charge < -0.3 is 4.57 Å². The number of aromatic nitrogens is 3. The molecule has 1 aromatic heterocycles. The zero-order chi connectivity index (χ0) is 12.5. The average molecular weight is 241 g/mol. The summed E-state index contributed by atoms with van der Waals surface area (Å²) < 4.78 is 38.9. The fourth-order valence-corrected chi connectivity index (χ4v) is 1.52. The fraction of sp³-hybridized carbons (Fsp3) is 0.273. The maximum absolute atomic E-state index is 12.4. The van der Waals surface area contributed by atoms with Gasteiger partial charge >= 0.3 is 6.18 Å². The largest absolute Gasteiger partial charge is 0.416 e. The van der Waals surface area contributed by atoms with Crippen LogP contribution in [-0.2, 0) is 12.7 Å². The van der Waals surface area contributed by atoms with Crippen LogP contribution < -0.4 is 0 Å². The number of halogens is 3. The highest BCUT2D eigenvalue weighted by Crippen LogP contribution is 2.30. The molecule has 1 aromatic carbocycles. The quantitative estimate of drug-likeness (QED) is 0.809. The van der Waals surface area contributed by atoms with Crippen molar-refractivity contribution in [2.75, 3.05) is 0 Å². The van der Waals surface area contributed by atoms with E-state index in [0.29, 0.717) is 17.9 Å². The molecule has 2 aromatic rings. The van der Waals surface area contributed by atoms with Crippen molar-refractivity contribution in [3.63, 3.8) is 0 Å². The summed E-state index contributed by atoms with van der Waals surface area (Å²) in [7, 11) is 0. The third kappa shape index (κ3) is 2.30.